The van der Waals surface area contributed by atoms with Crippen LogP contribution in [0.15, 0.2) is 24.3 Å². The second-order valence-corrected chi connectivity index (χ2v) is 6.27. The molecule has 8 nitrogen and oxygen atoms in total. The molecule has 1 saturated heterocycles. The molecule has 0 radical (unpaired) electrons. The topological polar surface area (TPSA) is 106 Å². The van der Waals surface area contributed by atoms with Gasteiger partial charge in [0.05, 0.1) is 12.2 Å². The molecule has 2 heterocycles. The van der Waals surface area contributed by atoms with E-state index in [1.165, 1.54) is 0 Å². The summed E-state index contributed by atoms with van der Waals surface area (Å²) in [7, 11) is 0. The maximum Gasteiger partial charge on any atom is 0.271 e. The molecule has 2 atom stereocenters. The van der Waals surface area contributed by atoms with Gasteiger partial charge in [-0.05, 0) is 38.1 Å². The Morgan fingerprint density at radius 2 is 1.96 bits per heavy atom. The van der Waals surface area contributed by atoms with Crippen molar-refractivity contribution < 1.29 is 14.3 Å². The number of hydrogen-bond acceptors (Lipinski definition) is 6. The second kappa shape index (κ2) is 7.62. The number of hydrogen-bond donors (Lipinski definition) is 2. The van der Waals surface area contributed by atoms with Gasteiger partial charge in [-0.3, -0.25) is 9.69 Å². The van der Waals surface area contributed by atoms with Gasteiger partial charge in [0.2, 0.25) is 0 Å². The molecule has 2 unspecified atom stereocenters. The van der Waals surface area contributed by atoms with Gasteiger partial charge in [-0.2, -0.15) is 15.4 Å². The van der Waals surface area contributed by atoms with Gasteiger partial charge in [0.15, 0.2) is 5.69 Å². The normalized spacial score (nSPS) is 21.2. The van der Waals surface area contributed by atoms with E-state index in [0.717, 1.165) is 30.9 Å². The molecule has 0 saturated carbocycles. The number of nitrogens with one attached hydrogen (secondary N) is 1. The molecular formula is C17H23N5O3. The first-order valence-electron chi connectivity index (χ1n) is 8.34. The molecule has 8 heteroatoms. The lowest BCUT2D eigenvalue weighted by molar-refractivity contribution is -0.0699. The fraction of sp³-hybridized carbons (Fsp3) is 0.471. The molecule has 0 bridgehead atoms. The van der Waals surface area contributed by atoms with Crippen molar-refractivity contribution in [1.29, 1.82) is 0 Å². The third kappa shape index (κ3) is 4.34. The minimum Gasteiger partial charge on any atom is -0.492 e. The van der Waals surface area contributed by atoms with Crippen LogP contribution in [0.5, 0.6) is 5.75 Å². The molecule has 1 aliphatic rings. The standard InChI is InChI=1S/C17H23N5O3/c1-11-9-22(10-12(2)25-11)7-8-24-14-5-3-13(4-6-14)15-16(17(18)23)20-21-19-15/h3-6,11-12H,7-10H2,1-2H3,(H2,18,23)(H,19,20,21). The van der Waals surface area contributed by atoms with Crippen LogP contribution in [0.3, 0.4) is 0 Å². The number of H-pyrrole nitrogens is 1. The minimum absolute atomic E-state index is 0.129. The summed E-state index contributed by atoms with van der Waals surface area (Å²) in [6, 6.07) is 7.36. The Morgan fingerprint density at radius 3 is 2.60 bits per heavy atom. The van der Waals surface area contributed by atoms with Crippen LogP contribution in [0.1, 0.15) is 24.3 Å². The number of carbonyl (C=O) groups excluding carboxylic acids is 1. The van der Waals surface area contributed by atoms with Gasteiger partial charge in [0.25, 0.3) is 5.91 Å². The lowest BCUT2D eigenvalue weighted by Gasteiger charge is -2.35. The SMILES string of the molecule is CC1CN(CCOc2ccc(-c3n[nH]nc3C(N)=O)cc2)CC(C)O1. The first-order chi connectivity index (χ1) is 12.0. The molecule has 2 aromatic rings. The van der Waals surface area contributed by atoms with E-state index < -0.39 is 5.91 Å². The van der Waals surface area contributed by atoms with Gasteiger partial charge in [-0.15, -0.1) is 0 Å². The predicted molar refractivity (Wildman–Crippen MR) is 92.3 cm³/mol. The Morgan fingerprint density at radius 1 is 1.28 bits per heavy atom. The zero-order valence-corrected chi connectivity index (χ0v) is 14.4. The molecule has 1 amide bonds. The molecule has 1 aromatic heterocycles. The number of aromatic amines is 1. The number of rotatable bonds is 6. The van der Waals surface area contributed by atoms with Crippen LogP contribution in [0.2, 0.25) is 0 Å². The molecule has 0 aliphatic carbocycles. The zero-order valence-electron chi connectivity index (χ0n) is 14.4. The van der Waals surface area contributed by atoms with Crippen LogP contribution in [-0.4, -0.2) is 64.7 Å². The number of amides is 1. The van der Waals surface area contributed by atoms with Crippen molar-refractivity contribution in [3.8, 4) is 17.0 Å². The summed E-state index contributed by atoms with van der Waals surface area (Å²) in [5.74, 6) is 0.153. The molecule has 25 heavy (non-hydrogen) atoms. The van der Waals surface area contributed by atoms with Crippen molar-refractivity contribution in [3.05, 3.63) is 30.0 Å². The van der Waals surface area contributed by atoms with Crippen LogP contribution in [-0.2, 0) is 4.74 Å². The van der Waals surface area contributed by atoms with Crippen LogP contribution < -0.4 is 10.5 Å². The van der Waals surface area contributed by atoms with Crippen LogP contribution >= 0.6 is 0 Å². The average Bonchev–Trinajstić information content (AvgIpc) is 3.04. The number of ether oxygens (including phenoxy) is 2. The summed E-state index contributed by atoms with van der Waals surface area (Å²) in [4.78, 5) is 13.7. The van der Waals surface area contributed by atoms with Crippen molar-refractivity contribution in [1.82, 2.24) is 20.3 Å². The van der Waals surface area contributed by atoms with Gasteiger partial charge < -0.3 is 15.2 Å². The highest BCUT2D eigenvalue weighted by Gasteiger charge is 2.21. The van der Waals surface area contributed by atoms with Crippen molar-refractivity contribution >= 4 is 5.91 Å². The third-order valence-electron chi connectivity index (χ3n) is 4.08. The van der Waals surface area contributed by atoms with Crippen molar-refractivity contribution in [2.45, 2.75) is 26.1 Å². The van der Waals surface area contributed by atoms with E-state index >= 15 is 0 Å². The monoisotopic (exact) mass is 345 g/mol. The van der Waals surface area contributed by atoms with Crippen LogP contribution in [0, 0.1) is 0 Å². The molecule has 0 spiro atoms. The number of morpholine rings is 1. The summed E-state index contributed by atoms with van der Waals surface area (Å²) in [6.45, 7) is 7.49. The summed E-state index contributed by atoms with van der Waals surface area (Å²) >= 11 is 0. The Bertz CT molecular complexity index is 705. The molecule has 1 fully saturated rings. The second-order valence-electron chi connectivity index (χ2n) is 6.27. The molecule has 134 valence electrons. The Balaban J connectivity index is 1.54. The quantitative estimate of drug-likeness (QED) is 0.811. The lowest BCUT2D eigenvalue weighted by Crippen LogP contribution is -2.46. The fourth-order valence-corrected chi connectivity index (χ4v) is 3.07. The van der Waals surface area contributed by atoms with Crippen LogP contribution in [0.4, 0.5) is 0 Å². The molecular weight excluding hydrogens is 322 g/mol. The van der Waals surface area contributed by atoms with E-state index in [9.17, 15) is 4.79 Å². The van der Waals surface area contributed by atoms with Gasteiger partial charge in [0.1, 0.15) is 18.1 Å². The van der Waals surface area contributed by atoms with Gasteiger partial charge >= 0.3 is 0 Å². The largest absolute Gasteiger partial charge is 0.492 e. The van der Waals surface area contributed by atoms with Crippen molar-refractivity contribution in [2.75, 3.05) is 26.2 Å². The Labute approximate surface area is 146 Å². The number of nitrogens with zero attached hydrogens (tertiary/aromatic N) is 3. The van der Waals surface area contributed by atoms with Crippen LogP contribution in [0.25, 0.3) is 11.3 Å². The van der Waals surface area contributed by atoms with Gasteiger partial charge in [-0.25, -0.2) is 0 Å². The molecule has 3 rings (SSSR count). The first kappa shape index (κ1) is 17.4. The number of aromatic nitrogens is 3. The zero-order chi connectivity index (χ0) is 17.8. The summed E-state index contributed by atoms with van der Waals surface area (Å²) in [5, 5.41) is 10.2. The lowest BCUT2D eigenvalue weighted by atomic mass is 10.1. The number of benzene rings is 1. The summed E-state index contributed by atoms with van der Waals surface area (Å²) in [5.41, 5.74) is 6.61. The van der Waals surface area contributed by atoms with Gasteiger partial charge in [0, 0.05) is 25.2 Å². The molecule has 1 aromatic carbocycles. The first-order valence-corrected chi connectivity index (χ1v) is 8.34. The predicted octanol–water partition coefficient (Wildman–Crippen LogP) is 1.06. The van der Waals surface area contributed by atoms with Gasteiger partial charge in [-0.1, -0.05) is 0 Å². The third-order valence-corrected chi connectivity index (χ3v) is 4.08. The highest BCUT2D eigenvalue weighted by atomic mass is 16.5. The van der Waals surface area contributed by atoms with E-state index in [4.69, 9.17) is 15.2 Å². The number of nitrogens with two attached hydrogens (primary N) is 1. The Hall–Kier alpha value is -2.45. The smallest absolute Gasteiger partial charge is 0.271 e. The maximum absolute atomic E-state index is 11.3. The van der Waals surface area contributed by atoms with E-state index in [1.54, 1.807) is 0 Å². The average molecular weight is 345 g/mol. The number of carbonyl (C=O) groups is 1. The Kier molecular flexibility index (Phi) is 5.30. The fourth-order valence-electron chi connectivity index (χ4n) is 3.07. The maximum atomic E-state index is 11.3. The van der Waals surface area contributed by atoms with E-state index in [0.29, 0.717) is 12.3 Å². The molecule has 3 N–H and O–H groups in total. The minimum atomic E-state index is -0.613. The van der Waals surface area contributed by atoms with E-state index in [2.05, 4.69) is 34.2 Å². The highest BCUT2D eigenvalue weighted by Crippen LogP contribution is 2.22. The summed E-state index contributed by atoms with van der Waals surface area (Å²) in [6.07, 6.45) is 0.509. The molecule has 1 aliphatic heterocycles. The highest BCUT2D eigenvalue weighted by molar-refractivity contribution is 5.96. The van der Waals surface area contributed by atoms with Crippen molar-refractivity contribution in [2.24, 2.45) is 5.73 Å². The van der Waals surface area contributed by atoms with E-state index in [-0.39, 0.29) is 17.9 Å². The number of primary amides is 1. The van der Waals surface area contributed by atoms with Crippen molar-refractivity contribution in [3.63, 3.8) is 0 Å². The van der Waals surface area contributed by atoms with E-state index in [1.807, 2.05) is 24.3 Å². The summed E-state index contributed by atoms with van der Waals surface area (Å²) < 4.78 is 11.5.